The predicted molar refractivity (Wildman–Crippen MR) is 103 cm³/mol. The van der Waals surface area contributed by atoms with Gasteiger partial charge in [0.1, 0.15) is 5.82 Å². The van der Waals surface area contributed by atoms with Crippen LogP contribution in [0.5, 0.6) is 0 Å². The summed E-state index contributed by atoms with van der Waals surface area (Å²) in [6, 6.07) is 8.00. The average molecular weight is 362 g/mol. The molecule has 5 rings (SSSR count). The molecule has 2 N–H and O–H groups in total. The van der Waals surface area contributed by atoms with Crippen molar-refractivity contribution in [1.82, 2.24) is 25.1 Å². The molecule has 2 aromatic heterocycles. The lowest BCUT2D eigenvalue weighted by molar-refractivity contribution is 0.0784. The van der Waals surface area contributed by atoms with Crippen LogP contribution in [-0.2, 0) is 12.8 Å². The molecule has 3 aromatic rings. The molecule has 27 heavy (non-hydrogen) atoms. The molecule has 1 saturated heterocycles. The number of anilines is 1. The minimum absolute atomic E-state index is 0.0447. The van der Waals surface area contributed by atoms with Crippen molar-refractivity contribution in [3.05, 3.63) is 47.4 Å². The Labute approximate surface area is 157 Å². The molecule has 1 amide bonds. The highest BCUT2D eigenvalue weighted by molar-refractivity contribution is 5.94. The molecule has 0 unspecified atom stereocenters. The van der Waals surface area contributed by atoms with Crippen molar-refractivity contribution in [3.63, 3.8) is 0 Å². The Bertz CT molecular complexity index is 997. The summed E-state index contributed by atoms with van der Waals surface area (Å²) >= 11 is 0. The largest absolute Gasteiger partial charge is 0.364 e. The van der Waals surface area contributed by atoms with Gasteiger partial charge in [0.2, 0.25) is 0 Å². The van der Waals surface area contributed by atoms with Crippen LogP contribution in [0.3, 0.4) is 0 Å². The zero-order valence-electron chi connectivity index (χ0n) is 15.1. The quantitative estimate of drug-likeness (QED) is 0.748. The van der Waals surface area contributed by atoms with E-state index in [-0.39, 0.29) is 11.9 Å². The fraction of sp³-hybridized carbons (Fsp3) is 0.400. The number of fused-ring (bicyclic) bond motifs is 2. The molecule has 1 aliphatic heterocycles. The maximum atomic E-state index is 12.9. The number of nitrogens with one attached hydrogen (secondary N) is 2. The molecule has 1 atom stereocenters. The van der Waals surface area contributed by atoms with Crippen molar-refractivity contribution >= 4 is 22.8 Å². The maximum absolute atomic E-state index is 12.9. The van der Waals surface area contributed by atoms with Crippen molar-refractivity contribution in [3.8, 4) is 0 Å². The number of nitrogens with zero attached hydrogens (tertiary/aromatic N) is 4. The molecule has 7 heteroatoms. The Kier molecular flexibility index (Phi) is 3.99. The molecule has 1 fully saturated rings. The number of aromatic amines is 1. The van der Waals surface area contributed by atoms with Gasteiger partial charge in [-0.15, -0.1) is 0 Å². The van der Waals surface area contributed by atoms with Gasteiger partial charge < -0.3 is 10.2 Å². The van der Waals surface area contributed by atoms with E-state index < -0.39 is 0 Å². The van der Waals surface area contributed by atoms with Crippen LogP contribution in [0.25, 0.3) is 11.0 Å². The number of para-hydroxylation sites is 2. The van der Waals surface area contributed by atoms with Crippen LogP contribution in [0.1, 0.15) is 41.0 Å². The summed E-state index contributed by atoms with van der Waals surface area (Å²) in [5.74, 6) is 0.799. The number of likely N-dealkylation sites (tertiary alicyclic amines) is 1. The third-order valence-corrected chi connectivity index (χ3v) is 5.53. The summed E-state index contributed by atoms with van der Waals surface area (Å²) in [5, 5.41) is 10.8. The van der Waals surface area contributed by atoms with Crippen molar-refractivity contribution in [2.75, 3.05) is 18.4 Å². The van der Waals surface area contributed by atoms with Gasteiger partial charge in [0.25, 0.3) is 5.91 Å². The second-order valence-electron chi connectivity index (χ2n) is 7.36. The zero-order valence-corrected chi connectivity index (χ0v) is 15.1. The lowest BCUT2D eigenvalue weighted by Crippen LogP contribution is -2.32. The normalized spacial score (nSPS) is 19.3. The van der Waals surface area contributed by atoms with Crippen LogP contribution in [0.15, 0.2) is 30.5 Å². The number of aryl methyl sites for hydroxylation is 1. The summed E-state index contributed by atoms with van der Waals surface area (Å²) < 4.78 is 0. The number of aromatic nitrogens is 4. The topological polar surface area (TPSA) is 86.8 Å². The van der Waals surface area contributed by atoms with E-state index in [0.29, 0.717) is 12.2 Å². The fourth-order valence-corrected chi connectivity index (χ4v) is 4.11. The second-order valence-corrected chi connectivity index (χ2v) is 7.36. The first-order valence-corrected chi connectivity index (χ1v) is 9.61. The van der Waals surface area contributed by atoms with Crippen molar-refractivity contribution < 1.29 is 4.79 Å². The average Bonchev–Trinajstić information content (AvgIpc) is 3.34. The number of carbonyl (C=O) groups excluding carboxylic acids is 1. The summed E-state index contributed by atoms with van der Waals surface area (Å²) in [7, 11) is 0. The number of benzene rings is 1. The summed E-state index contributed by atoms with van der Waals surface area (Å²) in [6.07, 6.45) is 6.92. The van der Waals surface area contributed by atoms with Gasteiger partial charge in [-0.3, -0.25) is 14.9 Å². The Morgan fingerprint density at radius 1 is 1.19 bits per heavy atom. The third kappa shape index (κ3) is 3.03. The highest BCUT2D eigenvalue weighted by Gasteiger charge is 2.31. The number of rotatable bonds is 3. The van der Waals surface area contributed by atoms with Gasteiger partial charge in [-0.05, 0) is 44.2 Å². The standard InChI is InChI=1S/C20H22N6O/c27-20(19-14-5-1-2-6-15(14)24-25-19)26-10-9-13(12-26)22-18-11-21-16-7-3-4-8-17(16)23-18/h3-4,7-8,11,13H,1-2,5-6,9-10,12H2,(H,22,23)(H,24,25)/t13-/m1/s1. The van der Waals surface area contributed by atoms with E-state index in [9.17, 15) is 4.79 Å². The van der Waals surface area contributed by atoms with E-state index >= 15 is 0 Å². The van der Waals surface area contributed by atoms with Crippen LogP contribution < -0.4 is 5.32 Å². The van der Waals surface area contributed by atoms with Gasteiger partial charge in [-0.25, -0.2) is 4.98 Å². The van der Waals surface area contributed by atoms with E-state index in [4.69, 9.17) is 0 Å². The molecule has 0 bridgehead atoms. The maximum Gasteiger partial charge on any atom is 0.274 e. The van der Waals surface area contributed by atoms with Gasteiger partial charge in [-0.2, -0.15) is 5.10 Å². The molecule has 0 radical (unpaired) electrons. The minimum Gasteiger partial charge on any atom is -0.364 e. The highest BCUT2D eigenvalue weighted by Crippen LogP contribution is 2.25. The van der Waals surface area contributed by atoms with E-state index in [1.54, 1.807) is 6.20 Å². The molecular weight excluding hydrogens is 340 g/mol. The molecule has 7 nitrogen and oxygen atoms in total. The van der Waals surface area contributed by atoms with Crippen LogP contribution in [0.4, 0.5) is 5.82 Å². The highest BCUT2D eigenvalue weighted by atomic mass is 16.2. The molecular formula is C20H22N6O. The summed E-state index contributed by atoms with van der Waals surface area (Å²) in [5.41, 5.74) is 4.65. The molecule has 1 aliphatic carbocycles. The fourth-order valence-electron chi connectivity index (χ4n) is 4.11. The monoisotopic (exact) mass is 362 g/mol. The Morgan fingerprint density at radius 2 is 2.04 bits per heavy atom. The Hall–Kier alpha value is -2.96. The van der Waals surface area contributed by atoms with Gasteiger partial charge in [0.15, 0.2) is 5.69 Å². The van der Waals surface area contributed by atoms with Crippen LogP contribution in [0.2, 0.25) is 0 Å². The van der Waals surface area contributed by atoms with Crippen molar-refractivity contribution in [2.24, 2.45) is 0 Å². The lowest BCUT2D eigenvalue weighted by atomic mass is 9.95. The first-order valence-electron chi connectivity index (χ1n) is 9.61. The molecule has 0 saturated carbocycles. The summed E-state index contributed by atoms with van der Waals surface area (Å²) in [4.78, 5) is 23.9. The van der Waals surface area contributed by atoms with E-state index in [2.05, 4.69) is 25.5 Å². The van der Waals surface area contributed by atoms with Crippen LogP contribution in [0, 0.1) is 0 Å². The smallest absolute Gasteiger partial charge is 0.274 e. The summed E-state index contributed by atoms with van der Waals surface area (Å²) in [6.45, 7) is 1.40. The molecule has 3 heterocycles. The van der Waals surface area contributed by atoms with E-state index in [1.807, 2.05) is 29.2 Å². The zero-order chi connectivity index (χ0) is 18.2. The Morgan fingerprint density at radius 3 is 2.96 bits per heavy atom. The molecule has 2 aliphatic rings. The van der Waals surface area contributed by atoms with Crippen LogP contribution >= 0.6 is 0 Å². The van der Waals surface area contributed by atoms with E-state index in [1.165, 1.54) is 6.42 Å². The van der Waals surface area contributed by atoms with Gasteiger partial charge in [0.05, 0.1) is 17.2 Å². The number of hydrogen-bond donors (Lipinski definition) is 2. The van der Waals surface area contributed by atoms with Crippen LogP contribution in [-0.4, -0.2) is 50.1 Å². The van der Waals surface area contributed by atoms with E-state index in [0.717, 1.165) is 60.3 Å². The predicted octanol–water partition coefficient (Wildman–Crippen LogP) is 2.56. The number of H-pyrrole nitrogens is 1. The molecule has 0 spiro atoms. The number of hydrogen-bond acceptors (Lipinski definition) is 5. The third-order valence-electron chi connectivity index (χ3n) is 5.53. The van der Waals surface area contributed by atoms with Gasteiger partial charge in [-0.1, -0.05) is 12.1 Å². The second kappa shape index (κ2) is 6.64. The minimum atomic E-state index is 0.0447. The number of amides is 1. The van der Waals surface area contributed by atoms with Gasteiger partial charge >= 0.3 is 0 Å². The molecule has 138 valence electrons. The SMILES string of the molecule is O=C(c1n[nH]c2c1CCCC2)N1CC[C@@H](Nc2cnc3ccccc3n2)C1. The Balaban J connectivity index is 1.28. The lowest BCUT2D eigenvalue weighted by Gasteiger charge is -2.18. The van der Waals surface area contributed by atoms with Gasteiger partial charge in [0, 0.05) is 30.4 Å². The first kappa shape index (κ1) is 16.2. The van der Waals surface area contributed by atoms with Crippen molar-refractivity contribution in [2.45, 2.75) is 38.1 Å². The molecule has 1 aromatic carbocycles. The number of carbonyl (C=O) groups is 1. The van der Waals surface area contributed by atoms with Crippen molar-refractivity contribution in [1.29, 1.82) is 0 Å². The first-order chi connectivity index (χ1) is 13.3.